The van der Waals surface area contributed by atoms with Gasteiger partial charge >= 0.3 is 0 Å². The van der Waals surface area contributed by atoms with E-state index in [0.717, 1.165) is 46.7 Å². The van der Waals surface area contributed by atoms with E-state index in [0.29, 0.717) is 18.8 Å². The van der Waals surface area contributed by atoms with Gasteiger partial charge in [0.1, 0.15) is 11.5 Å². The quantitative estimate of drug-likeness (QED) is 0.0934. The molecule has 7 aromatic rings. The van der Waals surface area contributed by atoms with Crippen molar-refractivity contribution in [3.8, 4) is 28.7 Å². The van der Waals surface area contributed by atoms with Crippen molar-refractivity contribution in [3.05, 3.63) is 139 Å². The molecular formula is C40H30N2O2. The highest BCUT2D eigenvalue weighted by Crippen LogP contribution is 2.38. The van der Waals surface area contributed by atoms with Gasteiger partial charge in [0.2, 0.25) is 0 Å². The van der Waals surface area contributed by atoms with Crippen LogP contribution in [-0.2, 0) is 0 Å². The Labute approximate surface area is 256 Å². The Hall–Kier alpha value is -5.66. The Morgan fingerprint density at radius 1 is 0.568 bits per heavy atom. The van der Waals surface area contributed by atoms with Gasteiger partial charge in [0.15, 0.2) is 0 Å². The number of hydrogen-bond donors (Lipinski definition) is 0. The smallest absolute Gasteiger partial charge is 0.119 e. The summed E-state index contributed by atoms with van der Waals surface area (Å²) in [4.78, 5) is 4.87. The summed E-state index contributed by atoms with van der Waals surface area (Å²) in [6, 6.07) is 45.4. The lowest BCUT2D eigenvalue weighted by molar-refractivity contribution is 0.266. The molecule has 0 spiro atoms. The maximum absolute atomic E-state index is 8.97. The number of benzene rings is 7. The normalized spacial score (nSPS) is 11.4. The van der Waals surface area contributed by atoms with Crippen molar-refractivity contribution in [2.45, 2.75) is 12.8 Å². The molecular weight excluding hydrogens is 540 g/mol. The van der Waals surface area contributed by atoms with E-state index in [1.807, 2.05) is 79.0 Å². The number of ether oxygens (including phenoxy) is 2. The fourth-order valence-corrected chi connectivity index (χ4v) is 5.69. The molecule has 0 saturated carbocycles. The first-order valence-electron chi connectivity index (χ1n) is 14.9. The lowest BCUT2D eigenvalue weighted by Crippen LogP contribution is -2.02. The Morgan fingerprint density at radius 3 is 1.75 bits per heavy atom. The van der Waals surface area contributed by atoms with Crippen LogP contribution in [0.2, 0.25) is 0 Å². The molecule has 0 atom stereocenters. The second-order valence-corrected chi connectivity index (χ2v) is 10.9. The van der Waals surface area contributed by atoms with E-state index in [1.54, 1.807) is 0 Å². The van der Waals surface area contributed by atoms with E-state index in [2.05, 4.69) is 60.7 Å². The maximum Gasteiger partial charge on any atom is 0.119 e. The van der Waals surface area contributed by atoms with Crippen LogP contribution in [0.3, 0.4) is 0 Å². The second-order valence-electron chi connectivity index (χ2n) is 10.9. The maximum atomic E-state index is 8.97. The van der Waals surface area contributed by atoms with Gasteiger partial charge in [-0.1, -0.05) is 72.8 Å². The summed E-state index contributed by atoms with van der Waals surface area (Å²) in [5, 5.41) is 16.5. The summed E-state index contributed by atoms with van der Waals surface area (Å²) in [5.41, 5.74) is 4.84. The van der Waals surface area contributed by atoms with Crippen molar-refractivity contribution in [2.75, 3.05) is 13.2 Å². The van der Waals surface area contributed by atoms with Gasteiger partial charge in [0.05, 0.1) is 30.5 Å². The zero-order valence-corrected chi connectivity index (χ0v) is 24.2. The third-order valence-corrected chi connectivity index (χ3v) is 8.02. The average Bonchev–Trinajstić information content (AvgIpc) is 3.09. The first kappa shape index (κ1) is 27.2. The lowest BCUT2D eigenvalue weighted by atomic mass is 9.93. The molecule has 0 unspecified atom stereocenters. The zero-order valence-electron chi connectivity index (χ0n) is 24.2. The average molecular weight is 571 g/mol. The minimum Gasteiger partial charge on any atom is -0.494 e. The molecule has 0 aliphatic heterocycles. The standard InChI is InChI=1S/C40H30N2O2/c41-26-28-6-10-30(11-7-28)31-14-20-36(21-15-31)44-25-2-1-24-43-35-18-8-29(9-19-35)27-42-38-23-17-34-13-12-32-4-3-5-33-16-22-37(38)40(34)39(32)33/h3-23,27H,1-2,24-25H2. The monoisotopic (exact) mass is 570 g/mol. The Bertz CT molecular complexity index is 2090. The number of nitrogens with zero attached hydrogens (tertiary/aromatic N) is 2. The summed E-state index contributed by atoms with van der Waals surface area (Å²) in [6.45, 7) is 1.27. The molecule has 212 valence electrons. The first-order chi connectivity index (χ1) is 21.7. The van der Waals surface area contributed by atoms with Gasteiger partial charge in [0, 0.05) is 11.6 Å². The number of aliphatic imine (C=N–C) groups is 1. The molecule has 0 aliphatic rings. The van der Waals surface area contributed by atoms with Gasteiger partial charge in [0.25, 0.3) is 0 Å². The van der Waals surface area contributed by atoms with Gasteiger partial charge < -0.3 is 9.47 Å². The summed E-state index contributed by atoms with van der Waals surface area (Å²) < 4.78 is 11.9. The molecule has 0 aliphatic carbocycles. The SMILES string of the molecule is N#Cc1ccc(-c2ccc(OCCCCOc3ccc(C=Nc4ccc5ccc6cccc7ccc4c5c67)cc3)cc2)cc1. The van der Waals surface area contributed by atoms with Crippen molar-refractivity contribution < 1.29 is 9.47 Å². The summed E-state index contributed by atoms with van der Waals surface area (Å²) in [6.07, 6.45) is 3.73. The van der Waals surface area contributed by atoms with Crippen molar-refractivity contribution in [3.63, 3.8) is 0 Å². The predicted octanol–water partition coefficient (Wildman–Crippen LogP) is 10.1. The van der Waals surface area contributed by atoms with Crippen LogP contribution in [0, 0.1) is 11.3 Å². The molecule has 44 heavy (non-hydrogen) atoms. The van der Waals surface area contributed by atoms with Crippen LogP contribution < -0.4 is 9.47 Å². The topological polar surface area (TPSA) is 54.6 Å². The van der Waals surface area contributed by atoms with Crippen LogP contribution in [0.4, 0.5) is 5.69 Å². The molecule has 7 rings (SSSR count). The molecule has 0 saturated heterocycles. The number of unbranched alkanes of at least 4 members (excludes halogenated alkanes) is 1. The van der Waals surface area contributed by atoms with Crippen molar-refractivity contribution in [1.29, 1.82) is 5.26 Å². The highest BCUT2D eigenvalue weighted by Gasteiger charge is 2.10. The van der Waals surface area contributed by atoms with E-state index in [4.69, 9.17) is 19.7 Å². The Balaban J connectivity index is 0.894. The molecule has 4 nitrogen and oxygen atoms in total. The van der Waals surface area contributed by atoms with E-state index in [9.17, 15) is 0 Å². The van der Waals surface area contributed by atoms with Gasteiger partial charge in [-0.15, -0.1) is 0 Å². The molecule has 4 heteroatoms. The zero-order chi connectivity index (χ0) is 29.7. The highest BCUT2D eigenvalue weighted by atomic mass is 16.5. The van der Waals surface area contributed by atoms with Crippen LogP contribution >= 0.6 is 0 Å². The fourth-order valence-electron chi connectivity index (χ4n) is 5.69. The molecule has 0 aromatic heterocycles. The van der Waals surface area contributed by atoms with Gasteiger partial charge in [-0.25, -0.2) is 0 Å². The minimum absolute atomic E-state index is 0.636. The molecule has 7 aromatic carbocycles. The van der Waals surface area contributed by atoms with E-state index in [1.165, 1.54) is 32.3 Å². The summed E-state index contributed by atoms with van der Waals surface area (Å²) >= 11 is 0. The summed E-state index contributed by atoms with van der Waals surface area (Å²) in [7, 11) is 0. The first-order valence-corrected chi connectivity index (χ1v) is 14.9. The van der Waals surface area contributed by atoms with Crippen LogP contribution in [0.25, 0.3) is 43.4 Å². The lowest BCUT2D eigenvalue weighted by Gasteiger charge is -2.12. The van der Waals surface area contributed by atoms with Gasteiger partial charge in [-0.05, 0) is 111 Å². The largest absolute Gasteiger partial charge is 0.494 e. The molecule has 0 heterocycles. The van der Waals surface area contributed by atoms with Crippen LogP contribution in [0.5, 0.6) is 11.5 Å². The third-order valence-electron chi connectivity index (χ3n) is 8.02. The highest BCUT2D eigenvalue weighted by molar-refractivity contribution is 6.25. The molecule has 0 bridgehead atoms. The van der Waals surface area contributed by atoms with Crippen molar-refractivity contribution in [1.82, 2.24) is 0 Å². The summed E-state index contributed by atoms with van der Waals surface area (Å²) in [5.74, 6) is 1.70. The van der Waals surface area contributed by atoms with E-state index >= 15 is 0 Å². The van der Waals surface area contributed by atoms with E-state index in [-0.39, 0.29) is 0 Å². The van der Waals surface area contributed by atoms with Gasteiger partial charge in [-0.2, -0.15) is 5.26 Å². The molecule has 0 amide bonds. The predicted molar refractivity (Wildman–Crippen MR) is 181 cm³/mol. The van der Waals surface area contributed by atoms with Crippen LogP contribution in [0.15, 0.2) is 132 Å². The minimum atomic E-state index is 0.636. The Morgan fingerprint density at radius 2 is 1.11 bits per heavy atom. The molecule has 0 fully saturated rings. The number of nitriles is 1. The van der Waals surface area contributed by atoms with E-state index < -0.39 is 0 Å². The molecule has 0 N–H and O–H groups in total. The number of hydrogen-bond acceptors (Lipinski definition) is 4. The van der Waals surface area contributed by atoms with Crippen LogP contribution in [-0.4, -0.2) is 19.4 Å². The van der Waals surface area contributed by atoms with Crippen LogP contribution in [0.1, 0.15) is 24.0 Å². The van der Waals surface area contributed by atoms with Crippen molar-refractivity contribution >= 4 is 44.2 Å². The van der Waals surface area contributed by atoms with Crippen molar-refractivity contribution in [2.24, 2.45) is 4.99 Å². The number of rotatable bonds is 10. The second kappa shape index (κ2) is 12.3. The third kappa shape index (κ3) is 5.69. The molecule has 0 radical (unpaired) electrons. The Kier molecular flexibility index (Phi) is 7.60. The van der Waals surface area contributed by atoms with Gasteiger partial charge in [-0.3, -0.25) is 4.99 Å². The fraction of sp³-hybridized carbons (Fsp3) is 0.100.